The molecule has 1 atom stereocenters. The highest BCUT2D eigenvalue weighted by Crippen LogP contribution is 2.27. The molecule has 0 bridgehead atoms. The Labute approximate surface area is 129 Å². The van der Waals surface area contributed by atoms with E-state index in [9.17, 15) is 4.79 Å². The molecule has 5 heteroatoms. The Morgan fingerprint density at radius 3 is 2.81 bits per heavy atom. The Hall–Kier alpha value is -2.01. The zero-order valence-electron chi connectivity index (χ0n) is 12.5. The fourth-order valence-electron chi connectivity index (χ4n) is 2.19. The van der Waals surface area contributed by atoms with Crippen LogP contribution in [0.4, 0.5) is 11.4 Å². The van der Waals surface area contributed by atoms with Crippen molar-refractivity contribution in [1.29, 1.82) is 0 Å². The fourth-order valence-corrected chi connectivity index (χ4v) is 3.01. The summed E-state index contributed by atoms with van der Waals surface area (Å²) in [5.74, 6) is -0.351. The third kappa shape index (κ3) is 3.55. The van der Waals surface area contributed by atoms with Crippen LogP contribution in [0.15, 0.2) is 35.7 Å². The summed E-state index contributed by atoms with van der Waals surface area (Å²) >= 11 is 1.75. The fraction of sp³-hybridized carbons (Fsp3) is 0.312. The number of likely N-dealkylation sites (N-methyl/N-ethyl adjacent to an activating group) is 1. The first-order valence-corrected chi connectivity index (χ1v) is 7.64. The van der Waals surface area contributed by atoms with E-state index in [1.54, 1.807) is 29.5 Å². The van der Waals surface area contributed by atoms with E-state index in [1.165, 1.54) is 12.0 Å². The number of methoxy groups -OCH3 is 1. The van der Waals surface area contributed by atoms with Crippen molar-refractivity contribution in [3.8, 4) is 0 Å². The number of nitrogens with two attached hydrogens (primary N) is 1. The molecule has 0 aliphatic carbocycles. The molecule has 2 aromatic rings. The van der Waals surface area contributed by atoms with Crippen molar-refractivity contribution in [2.45, 2.75) is 19.4 Å². The van der Waals surface area contributed by atoms with Crippen molar-refractivity contribution < 1.29 is 9.53 Å². The molecule has 0 aliphatic rings. The Morgan fingerprint density at radius 2 is 2.19 bits per heavy atom. The third-order valence-electron chi connectivity index (χ3n) is 3.57. The first-order valence-electron chi connectivity index (χ1n) is 6.76. The van der Waals surface area contributed by atoms with Crippen molar-refractivity contribution in [2.75, 3.05) is 24.8 Å². The number of carbonyl (C=O) groups excluding carboxylic acids is 1. The normalized spacial score (nSPS) is 12.0. The lowest BCUT2D eigenvalue weighted by molar-refractivity contribution is 0.0601. The summed E-state index contributed by atoms with van der Waals surface area (Å²) in [7, 11) is 3.37. The van der Waals surface area contributed by atoms with Gasteiger partial charge in [0, 0.05) is 24.4 Å². The van der Waals surface area contributed by atoms with Gasteiger partial charge in [0.05, 0.1) is 24.0 Å². The molecule has 0 saturated carbocycles. The van der Waals surface area contributed by atoms with E-state index in [-0.39, 0.29) is 12.0 Å². The lowest BCUT2D eigenvalue weighted by atomic mass is 10.1. The maximum Gasteiger partial charge on any atom is 0.337 e. The molecule has 0 amide bonds. The highest BCUT2D eigenvalue weighted by Gasteiger charge is 2.16. The van der Waals surface area contributed by atoms with Gasteiger partial charge >= 0.3 is 5.97 Å². The number of hydrogen-bond donors (Lipinski definition) is 1. The smallest absolute Gasteiger partial charge is 0.337 e. The van der Waals surface area contributed by atoms with Crippen LogP contribution in [-0.2, 0) is 11.2 Å². The molecule has 0 saturated heterocycles. The minimum Gasteiger partial charge on any atom is -0.465 e. The second-order valence-corrected chi connectivity index (χ2v) is 6.04. The van der Waals surface area contributed by atoms with E-state index in [4.69, 9.17) is 10.5 Å². The van der Waals surface area contributed by atoms with E-state index < -0.39 is 0 Å². The van der Waals surface area contributed by atoms with Gasteiger partial charge in [-0.15, -0.1) is 11.3 Å². The van der Waals surface area contributed by atoms with Gasteiger partial charge < -0.3 is 15.4 Å². The van der Waals surface area contributed by atoms with Crippen LogP contribution in [0.2, 0.25) is 0 Å². The third-order valence-corrected chi connectivity index (χ3v) is 4.47. The van der Waals surface area contributed by atoms with Gasteiger partial charge in [0.1, 0.15) is 0 Å². The summed E-state index contributed by atoms with van der Waals surface area (Å²) < 4.78 is 4.76. The van der Waals surface area contributed by atoms with Gasteiger partial charge in [0.2, 0.25) is 0 Å². The molecule has 1 aromatic carbocycles. The average molecular weight is 304 g/mol. The molecular formula is C16H20N2O2S. The molecule has 0 aliphatic heterocycles. The molecule has 1 aromatic heterocycles. The van der Waals surface area contributed by atoms with Crippen LogP contribution < -0.4 is 10.6 Å². The Morgan fingerprint density at radius 1 is 1.43 bits per heavy atom. The van der Waals surface area contributed by atoms with Gasteiger partial charge in [-0.1, -0.05) is 6.07 Å². The Kier molecular flexibility index (Phi) is 4.85. The van der Waals surface area contributed by atoms with Crippen LogP contribution in [0.25, 0.3) is 0 Å². The number of ether oxygens (including phenoxy) is 1. The topological polar surface area (TPSA) is 55.6 Å². The van der Waals surface area contributed by atoms with Crippen molar-refractivity contribution in [3.63, 3.8) is 0 Å². The molecule has 1 unspecified atom stereocenters. The number of thiophene rings is 1. The zero-order valence-corrected chi connectivity index (χ0v) is 13.3. The molecule has 21 heavy (non-hydrogen) atoms. The molecule has 2 rings (SSSR count). The standard InChI is InChI=1S/C16H20N2O2S/c1-11(9-13-5-4-8-21-13)18(2)15-10-12(16(19)20-3)6-7-14(15)17/h4-8,10-11H,9,17H2,1-3H3. The number of rotatable bonds is 5. The molecule has 2 N–H and O–H groups in total. The predicted molar refractivity (Wildman–Crippen MR) is 88.1 cm³/mol. The first kappa shape index (κ1) is 15.4. The van der Waals surface area contributed by atoms with Crippen molar-refractivity contribution >= 4 is 28.7 Å². The molecule has 4 nitrogen and oxygen atoms in total. The SMILES string of the molecule is COC(=O)c1ccc(N)c(N(C)C(C)Cc2cccs2)c1. The Bertz CT molecular complexity index is 611. The van der Waals surface area contributed by atoms with Crippen LogP contribution in [0.3, 0.4) is 0 Å². The van der Waals surface area contributed by atoms with Crippen LogP contribution in [0.5, 0.6) is 0 Å². The van der Waals surface area contributed by atoms with Crippen molar-refractivity contribution in [1.82, 2.24) is 0 Å². The van der Waals surface area contributed by atoms with Crippen molar-refractivity contribution in [3.05, 3.63) is 46.2 Å². The average Bonchev–Trinajstić information content (AvgIpc) is 2.99. The lowest BCUT2D eigenvalue weighted by Crippen LogP contribution is -2.31. The van der Waals surface area contributed by atoms with E-state index in [1.807, 2.05) is 7.05 Å². The van der Waals surface area contributed by atoms with E-state index >= 15 is 0 Å². The van der Waals surface area contributed by atoms with Gasteiger partial charge in [-0.25, -0.2) is 4.79 Å². The number of nitrogens with zero attached hydrogens (tertiary/aromatic N) is 1. The highest BCUT2D eigenvalue weighted by molar-refractivity contribution is 7.09. The first-order chi connectivity index (χ1) is 10.0. The summed E-state index contributed by atoms with van der Waals surface area (Å²) in [4.78, 5) is 15.1. The molecule has 1 heterocycles. The molecule has 112 valence electrons. The second kappa shape index (κ2) is 6.63. The summed E-state index contributed by atoms with van der Waals surface area (Å²) in [6.45, 7) is 2.14. The quantitative estimate of drug-likeness (QED) is 0.681. The molecule has 0 radical (unpaired) electrons. The summed E-state index contributed by atoms with van der Waals surface area (Å²) in [5.41, 5.74) is 8.07. The lowest BCUT2D eigenvalue weighted by Gasteiger charge is -2.28. The van der Waals surface area contributed by atoms with E-state index in [0.717, 1.165) is 12.1 Å². The number of nitrogen functional groups attached to an aromatic ring is 1. The van der Waals surface area contributed by atoms with Gasteiger partial charge in [-0.3, -0.25) is 0 Å². The summed E-state index contributed by atoms with van der Waals surface area (Å²) in [5, 5.41) is 2.08. The number of hydrogen-bond acceptors (Lipinski definition) is 5. The van der Waals surface area contributed by atoms with Crippen LogP contribution >= 0.6 is 11.3 Å². The van der Waals surface area contributed by atoms with Crippen LogP contribution in [0.1, 0.15) is 22.2 Å². The van der Waals surface area contributed by atoms with Gasteiger partial charge in [-0.05, 0) is 36.6 Å². The summed E-state index contributed by atoms with van der Waals surface area (Å²) in [6.07, 6.45) is 0.941. The number of carbonyl (C=O) groups is 1. The largest absolute Gasteiger partial charge is 0.465 e. The second-order valence-electron chi connectivity index (χ2n) is 5.01. The number of anilines is 2. The monoisotopic (exact) mass is 304 g/mol. The maximum atomic E-state index is 11.6. The zero-order chi connectivity index (χ0) is 15.4. The predicted octanol–water partition coefficient (Wildman–Crippen LogP) is 3.18. The van der Waals surface area contributed by atoms with Gasteiger partial charge in [0.25, 0.3) is 0 Å². The molecule has 0 fully saturated rings. The maximum absolute atomic E-state index is 11.6. The van der Waals surface area contributed by atoms with Gasteiger partial charge in [-0.2, -0.15) is 0 Å². The molecule has 0 spiro atoms. The number of esters is 1. The van der Waals surface area contributed by atoms with E-state index in [2.05, 4.69) is 29.3 Å². The number of benzene rings is 1. The van der Waals surface area contributed by atoms with Crippen LogP contribution in [-0.4, -0.2) is 26.2 Å². The van der Waals surface area contributed by atoms with Gasteiger partial charge in [0.15, 0.2) is 0 Å². The molecular weight excluding hydrogens is 284 g/mol. The minimum absolute atomic E-state index is 0.277. The van der Waals surface area contributed by atoms with E-state index in [0.29, 0.717) is 11.3 Å². The van der Waals surface area contributed by atoms with Crippen LogP contribution in [0, 0.1) is 0 Å². The minimum atomic E-state index is -0.351. The van der Waals surface area contributed by atoms with Crippen molar-refractivity contribution in [2.24, 2.45) is 0 Å². The highest BCUT2D eigenvalue weighted by atomic mass is 32.1. The Balaban J connectivity index is 2.21. The summed E-state index contributed by atoms with van der Waals surface area (Å²) in [6, 6.07) is 9.67.